The molecule has 2 aromatic carbocycles. The minimum Gasteiger partial charge on any atom is -0.327 e. The molecular weight excluding hydrogens is 371 g/mol. The van der Waals surface area contributed by atoms with E-state index in [1.54, 1.807) is 23.1 Å². The lowest BCUT2D eigenvalue weighted by Crippen LogP contribution is -2.45. The van der Waals surface area contributed by atoms with Gasteiger partial charge in [-0.15, -0.1) is 10.2 Å². The molecule has 132 valence electrons. The highest BCUT2D eigenvalue weighted by Crippen LogP contribution is 2.29. The fraction of sp³-hybridized carbons (Fsp3) is 0.211. The van der Waals surface area contributed by atoms with Crippen LogP contribution >= 0.6 is 23.2 Å². The summed E-state index contributed by atoms with van der Waals surface area (Å²) in [5, 5.41) is 9.28. The minimum absolute atomic E-state index is 0.0245. The van der Waals surface area contributed by atoms with Gasteiger partial charge in [0.15, 0.2) is 11.6 Å². The molecule has 0 saturated heterocycles. The molecule has 5 nitrogen and oxygen atoms in total. The predicted octanol–water partition coefficient (Wildman–Crippen LogP) is 4.30. The number of aromatic nitrogens is 3. The van der Waals surface area contributed by atoms with Crippen LogP contribution in [0.25, 0.3) is 11.4 Å². The number of rotatable bonds is 2. The molecule has 0 fully saturated rings. The summed E-state index contributed by atoms with van der Waals surface area (Å²) in [7, 11) is 0. The molecule has 7 heteroatoms. The summed E-state index contributed by atoms with van der Waals surface area (Å²) in [6.07, 6.45) is 0. The lowest BCUT2D eigenvalue weighted by molar-refractivity contribution is 0.0612. The second-order valence-corrected chi connectivity index (χ2v) is 7.09. The molecule has 0 aliphatic carbocycles. The van der Waals surface area contributed by atoms with Crippen LogP contribution in [0.4, 0.5) is 0 Å². The monoisotopic (exact) mass is 386 g/mol. The van der Waals surface area contributed by atoms with E-state index in [9.17, 15) is 4.79 Å². The molecule has 3 aromatic rings. The lowest BCUT2D eigenvalue weighted by atomic mass is 10.1. The zero-order chi connectivity index (χ0) is 18.3. The van der Waals surface area contributed by atoms with Gasteiger partial charge in [-0.3, -0.25) is 4.79 Å². The molecule has 0 radical (unpaired) electrons. The van der Waals surface area contributed by atoms with E-state index < -0.39 is 0 Å². The highest BCUT2D eigenvalue weighted by atomic mass is 35.5. The van der Waals surface area contributed by atoms with Crippen molar-refractivity contribution in [2.24, 2.45) is 0 Å². The van der Waals surface area contributed by atoms with Gasteiger partial charge in [0.2, 0.25) is 0 Å². The standard InChI is InChI=1S/C19H16Cl2N4O/c1-12-10-25-16(22-23-18(25)13-6-3-2-4-7-13)11-24(12)19(26)14-8-5-9-15(20)17(14)21/h2-9,12H,10-11H2,1H3/t12-/m1/s1. The zero-order valence-corrected chi connectivity index (χ0v) is 15.6. The third-order valence-corrected chi connectivity index (χ3v) is 5.41. The number of carbonyl (C=O) groups is 1. The number of nitrogens with zero attached hydrogens (tertiary/aromatic N) is 4. The van der Waals surface area contributed by atoms with E-state index in [1.807, 2.05) is 37.3 Å². The Bertz CT molecular complexity index is 971. The molecule has 4 rings (SSSR count). The third kappa shape index (κ3) is 2.87. The summed E-state index contributed by atoms with van der Waals surface area (Å²) in [4.78, 5) is 14.8. The van der Waals surface area contributed by atoms with Gasteiger partial charge in [-0.05, 0) is 19.1 Å². The van der Waals surface area contributed by atoms with Gasteiger partial charge in [-0.2, -0.15) is 0 Å². The van der Waals surface area contributed by atoms with Crippen molar-refractivity contribution in [1.82, 2.24) is 19.7 Å². The smallest absolute Gasteiger partial charge is 0.256 e. The molecule has 26 heavy (non-hydrogen) atoms. The molecule has 0 N–H and O–H groups in total. The Morgan fingerprint density at radius 1 is 1.08 bits per heavy atom. The van der Waals surface area contributed by atoms with Crippen LogP contribution in [-0.4, -0.2) is 31.6 Å². The second-order valence-electron chi connectivity index (χ2n) is 6.30. The van der Waals surface area contributed by atoms with Crippen molar-refractivity contribution in [3.63, 3.8) is 0 Å². The molecule has 1 aromatic heterocycles. The van der Waals surface area contributed by atoms with Crippen LogP contribution in [0.15, 0.2) is 48.5 Å². The van der Waals surface area contributed by atoms with Gasteiger partial charge in [0.1, 0.15) is 0 Å². The van der Waals surface area contributed by atoms with Crippen LogP contribution in [-0.2, 0) is 13.1 Å². The van der Waals surface area contributed by atoms with Crippen molar-refractivity contribution in [3.8, 4) is 11.4 Å². The van der Waals surface area contributed by atoms with Crippen LogP contribution in [0, 0.1) is 0 Å². The number of carbonyl (C=O) groups excluding carboxylic acids is 1. The van der Waals surface area contributed by atoms with Crippen molar-refractivity contribution in [2.75, 3.05) is 0 Å². The van der Waals surface area contributed by atoms with Crippen LogP contribution in [0.1, 0.15) is 23.1 Å². The molecule has 1 atom stereocenters. The maximum absolute atomic E-state index is 13.0. The number of fused-ring (bicyclic) bond motifs is 1. The summed E-state index contributed by atoms with van der Waals surface area (Å²) in [6.45, 7) is 3.01. The first-order valence-electron chi connectivity index (χ1n) is 8.28. The topological polar surface area (TPSA) is 51.0 Å². The van der Waals surface area contributed by atoms with E-state index in [0.717, 1.165) is 17.2 Å². The van der Waals surface area contributed by atoms with Gasteiger partial charge >= 0.3 is 0 Å². The second kappa shape index (κ2) is 6.74. The van der Waals surface area contributed by atoms with Crippen molar-refractivity contribution in [3.05, 3.63) is 70.0 Å². The molecule has 0 unspecified atom stereocenters. The largest absolute Gasteiger partial charge is 0.327 e. The SMILES string of the molecule is C[C@@H]1Cn2c(nnc2-c2ccccc2)CN1C(=O)c1cccc(Cl)c1Cl. The lowest BCUT2D eigenvalue weighted by Gasteiger charge is -2.34. The maximum atomic E-state index is 13.0. The molecule has 1 aliphatic rings. The summed E-state index contributed by atoms with van der Waals surface area (Å²) >= 11 is 12.3. The Kier molecular flexibility index (Phi) is 4.42. The number of benzene rings is 2. The molecule has 0 bridgehead atoms. The van der Waals surface area contributed by atoms with Crippen LogP contribution in [0.5, 0.6) is 0 Å². The average molecular weight is 387 g/mol. The quantitative estimate of drug-likeness (QED) is 0.659. The number of hydrogen-bond donors (Lipinski definition) is 0. The maximum Gasteiger partial charge on any atom is 0.256 e. The van der Waals surface area contributed by atoms with Crippen molar-refractivity contribution >= 4 is 29.1 Å². The van der Waals surface area contributed by atoms with E-state index in [2.05, 4.69) is 14.8 Å². The van der Waals surface area contributed by atoms with Gasteiger partial charge in [-0.25, -0.2) is 0 Å². The summed E-state index contributed by atoms with van der Waals surface area (Å²) in [5.74, 6) is 1.43. The van der Waals surface area contributed by atoms with Crippen molar-refractivity contribution in [1.29, 1.82) is 0 Å². The van der Waals surface area contributed by atoms with Crippen LogP contribution in [0.3, 0.4) is 0 Å². The average Bonchev–Trinajstić information content (AvgIpc) is 3.06. The van der Waals surface area contributed by atoms with Gasteiger partial charge in [0.05, 0.1) is 22.2 Å². The summed E-state index contributed by atoms with van der Waals surface area (Å²) in [6, 6.07) is 15.0. The van der Waals surface area contributed by atoms with E-state index in [4.69, 9.17) is 23.2 Å². The first kappa shape index (κ1) is 17.1. The number of amides is 1. The predicted molar refractivity (Wildman–Crippen MR) is 101 cm³/mol. The fourth-order valence-corrected chi connectivity index (χ4v) is 3.59. The van der Waals surface area contributed by atoms with E-state index >= 15 is 0 Å². The third-order valence-electron chi connectivity index (χ3n) is 4.59. The highest BCUT2D eigenvalue weighted by molar-refractivity contribution is 6.43. The number of halogens is 2. The highest BCUT2D eigenvalue weighted by Gasteiger charge is 2.31. The number of hydrogen-bond acceptors (Lipinski definition) is 3. The fourth-order valence-electron chi connectivity index (χ4n) is 3.21. The first-order valence-corrected chi connectivity index (χ1v) is 9.04. The van der Waals surface area contributed by atoms with E-state index in [-0.39, 0.29) is 17.0 Å². The minimum atomic E-state index is -0.152. The Labute approximate surface area is 161 Å². The Balaban J connectivity index is 1.66. The van der Waals surface area contributed by atoms with Crippen molar-refractivity contribution in [2.45, 2.75) is 26.1 Å². The molecule has 1 aliphatic heterocycles. The summed E-state index contributed by atoms with van der Waals surface area (Å²) in [5.41, 5.74) is 1.42. The molecule has 0 spiro atoms. The van der Waals surface area contributed by atoms with Crippen LogP contribution in [0.2, 0.25) is 10.0 Å². The molecular formula is C19H16Cl2N4O. The zero-order valence-electron chi connectivity index (χ0n) is 14.1. The van der Waals surface area contributed by atoms with Crippen molar-refractivity contribution < 1.29 is 4.79 Å². The first-order chi connectivity index (χ1) is 12.6. The van der Waals surface area contributed by atoms with Crippen LogP contribution < -0.4 is 0 Å². The van der Waals surface area contributed by atoms with Gasteiger partial charge < -0.3 is 9.47 Å². The van der Waals surface area contributed by atoms with E-state index in [1.165, 1.54) is 0 Å². The Morgan fingerprint density at radius 2 is 1.85 bits per heavy atom. The van der Waals surface area contributed by atoms with Gasteiger partial charge in [0.25, 0.3) is 5.91 Å². The van der Waals surface area contributed by atoms with Gasteiger partial charge in [0, 0.05) is 18.2 Å². The van der Waals surface area contributed by atoms with E-state index in [0.29, 0.717) is 23.7 Å². The molecule has 2 heterocycles. The molecule has 1 amide bonds. The normalized spacial score (nSPS) is 16.4. The Morgan fingerprint density at radius 3 is 2.62 bits per heavy atom. The van der Waals surface area contributed by atoms with Gasteiger partial charge in [-0.1, -0.05) is 59.6 Å². The summed E-state index contributed by atoms with van der Waals surface area (Å²) < 4.78 is 2.07. The molecule has 0 saturated carbocycles. The Hall–Kier alpha value is -2.37.